The van der Waals surface area contributed by atoms with Gasteiger partial charge in [-0.15, -0.1) is 0 Å². The van der Waals surface area contributed by atoms with E-state index in [0.29, 0.717) is 12.0 Å². The first kappa shape index (κ1) is 20.4. The fraction of sp³-hybridized carbons (Fsp3) is 0.524. The maximum atomic E-state index is 5.54. The number of aryl methyl sites for hydroxylation is 1. The van der Waals surface area contributed by atoms with Crippen molar-refractivity contribution in [3.05, 3.63) is 35.5 Å². The lowest BCUT2D eigenvalue weighted by atomic mass is 10.1. The Morgan fingerprint density at radius 1 is 1.18 bits per heavy atom. The molecule has 1 saturated heterocycles. The van der Waals surface area contributed by atoms with E-state index in [4.69, 9.17) is 4.74 Å². The largest absolute Gasteiger partial charge is 0.496 e. The van der Waals surface area contributed by atoms with E-state index in [1.807, 2.05) is 32.2 Å². The summed E-state index contributed by atoms with van der Waals surface area (Å²) in [6, 6.07) is 8.53. The molecule has 3 N–H and O–H groups in total. The first-order valence-electron chi connectivity index (χ1n) is 10.0. The van der Waals surface area contributed by atoms with Crippen molar-refractivity contribution in [2.75, 3.05) is 44.4 Å². The van der Waals surface area contributed by atoms with Gasteiger partial charge >= 0.3 is 0 Å². The molecule has 0 bridgehead atoms. The van der Waals surface area contributed by atoms with Crippen molar-refractivity contribution in [3.8, 4) is 5.75 Å². The fourth-order valence-electron chi connectivity index (χ4n) is 3.60. The van der Waals surface area contributed by atoms with Crippen LogP contribution in [0.2, 0.25) is 0 Å². The summed E-state index contributed by atoms with van der Waals surface area (Å²) in [5.41, 5.74) is 2.97. The van der Waals surface area contributed by atoms with Crippen LogP contribution in [0.25, 0.3) is 0 Å². The number of nitrogens with one attached hydrogen (secondary N) is 3. The van der Waals surface area contributed by atoms with Crippen molar-refractivity contribution in [1.29, 1.82) is 0 Å². The average molecular weight is 385 g/mol. The number of rotatable bonds is 9. The normalized spacial score (nSPS) is 15.4. The summed E-state index contributed by atoms with van der Waals surface area (Å²) < 4.78 is 5.54. The number of methoxy groups -OCH3 is 1. The molecule has 1 aliphatic rings. The average Bonchev–Trinajstić information content (AvgIpc) is 3.22. The molecule has 7 heteroatoms. The molecule has 0 spiro atoms. The highest BCUT2D eigenvalue weighted by atomic mass is 16.5. The quantitative estimate of drug-likeness (QED) is 0.613. The molecule has 0 radical (unpaired) electrons. The van der Waals surface area contributed by atoms with Crippen molar-refractivity contribution in [1.82, 2.24) is 20.2 Å². The van der Waals surface area contributed by atoms with Crippen LogP contribution in [0, 0.1) is 6.92 Å². The van der Waals surface area contributed by atoms with Crippen LogP contribution in [0.1, 0.15) is 31.0 Å². The molecule has 2 aromatic rings. The summed E-state index contributed by atoms with van der Waals surface area (Å²) in [5.74, 6) is 2.25. The van der Waals surface area contributed by atoms with E-state index in [9.17, 15) is 0 Å². The molecule has 1 aromatic carbocycles. The Kier molecular flexibility index (Phi) is 7.06. The van der Waals surface area contributed by atoms with Gasteiger partial charge in [-0.05, 0) is 58.0 Å². The Morgan fingerprint density at radius 3 is 2.68 bits per heavy atom. The number of nitrogens with zero attached hydrogens (tertiary/aromatic N) is 3. The Balaban J connectivity index is 1.65. The van der Waals surface area contributed by atoms with Gasteiger partial charge in [0.1, 0.15) is 11.6 Å². The van der Waals surface area contributed by atoms with Gasteiger partial charge in [0.2, 0.25) is 5.95 Å². The van der Waals surface area contributed by atoms with E-state index < -0.39 is 0 Å². The van der Waals surface area contributed by atoms with Crippen LogP contribution in [0.3, 0.4) is 0 Å². The van der Waals surface area contributed by atoms with Crippen molar-refractivity contribution in [3.63, 3.8) is 0 Å². The standard InChI is InChI=1S/C21H32N6O/c1-15-11-20(22-3)26-21(24-15)25-18-7-8-19(28-4)17(12-18)14-23-13-16(2)27-9-5-6-10-27/h7-8,11-12,16,23H,5-6,9-10,13-14H2,1-4H3,(H2,22,24,25,26)/t16-/m1/s1. The molecule has 0 amide bonds. The molecular weight excluding hydrogens is 352 g/mol. The SMILES string of the molecule is CNc1cc(C)nc(Nc2ccc(OC)c(CNC[C@@H](C)N3CCCC3)c2)n1. The van der Waals surface area contributed by atoms with Crippen LogP contribution in [0.15, 0.2) is 24.3 Å². The third-order valence-electron chi connectivity index (χ3n) is 5.17. The van der Waals surface area contributed by atoms with Gasteiger partial charge in [-0.25, -0.2) is 4.98 Å². The van der Waals surface area contributed by atoms with Gasteiger partial charge in [0.25, 0.3) is 0 Å². The van der Waals surface area contributed by atoms with Crippen LogP contribution >= 0.6 is 0 Å². The molecule has 0 unspecified atom stereocenters. The van der Waals surface area contributed by atoms with Crippen LogP contribution < -0.4 is 20.7 Å². The van der Waals surface area contributed by atoms with Crippen molar-refractivity contribution < 1.29 is 4.74 Å². The lowest BCUT2D eigenvalue weighted by Crippen LogP contribution is -2.38. The van der Waals surface area contributed by atoms with Crippen LogP contribution in [0.5, 0.6) is 5.75 Å². The van der Waals surface area contributed by atoms with Gasteiger partial charge in [-0.1, -0.05) is 0 Å². The van der Waals surface area contributed by atoms with Gasteiger partial charge < -0.3 is 20.7 Å². The van der Waals surface area contributed by atoms with Gasteiger partial charge in [0.05, 0.1) is 7.11 Å². The number of hydrogen-bond donors (Lipinski definition) is 3. The molecule has 2 heterocycles. The summed E-state index contributed by atoms with van der Waals surface area (Å²) >= 11 is 0. The van der Waals surface area contributed by atoms with Gasteiger partial charge in [0, 0.05) is 49.2 Å². The molecule has 1 fully saturated rings. The highest BCUT2D eigenvalue weighted by molar-refractivity contribution is 5.58. The lowest BCUT2D eigenvalue weighted by Gasteiger charge is -2.24. The summed E-state index contributed by atoms with van der Waals surface area (Å²) in [6.07, 6.45) is 2.64. The first-order valence-corrected chi connectivity index (χ1v) is 10.0. The monoisotopic (exact) mass is 384 g/mol. The molecule has 1 aromatic heterocycles. The Morgan fingerprint density at radius 2 is 1.96 bits per heavy atom. The van der Waals surface area contributed by atoms with E-state index in [0.717, 1.165) is 41.6 Å². The third kappa shape index (κ3) is 5.33. The maximum absolute atomic E-state index is 5.54. The van der Waals surface area contributed by atoms with Crippen molar-refractivity contribution >= 4 is 17.5 Å². The number of anilines is 3. The first-order chi connectivity index (χ1) is 13.6. The van der Waals surface area contributed by atoms with Gasteiger partial charge in [-0.3, -0.25) is 4.90 Å². The zero-order valence-electron chi connectivity index (χ0n) is 17.4. The highest BCUT2D eigenvalue weighted by Crippen LogP contribution is 2.24. The summed E-state index contributed by atoms with van der Waals surface area (Å²) in [5, 5.41) is 9.94. The Hall–Kier alpha value is -2.38. The third-order valence-corrected chi connectivity index (χ3v) is 5.17. The summed E-state index contributed by atoms with van der Waals surface area (Å²) in [6.45, 7) is 8.41. The highest BCUT2D eigenvalue weighted by Gasteiger charge is 2.17. The summed E-state index contributed by atoms with van der Waals surface area (Å²) in [4.78, 5) is 11.5. The van der Waals surface area contributed by atoms with Gasteiger partial charge in [-0.2, -0.15) is 4.98 Å². The van der Waals surface area contributed by atoms with Crippen LogP contribution in [-0.4, -0.2) is 54.7 Å². The molecule has 7 nitrogen and oxygen atoms in total. The zero-order chi connectivity index (χ0) is 19.9. The molecule has 1 atom stereocenters. The number of ether oxygens (including phenoxy) is 1. The lowest BCUT2D eigenvalue weighted by molar-refractivity contribution is 0.251. The molecule has 0 aliphatic carbocycles. The summed E-state index contributed by atoms with van der Waals surface area (Å²) in [7, 11) is 3.56. The number of benzene rings is 1. The van der Waals surface area contributed by atoms with Crippen LogP contribution in [-0.2, 0) is 6.54 Å². The predicted octanol–water partition coefficient (Wildman–Crippen LogP) is 3.15. The topological polar surface area (TPSA) is 74.3 Å². The number of aromatic nitrogens is 2. The Labute approximate surface area is 167 Å². The molecule has 1 aliphatic heterocycles. The van der Waals surface area contributed by atoms with E-state index in [-0.39, 0.29) is 0 Å². The minimum atomic E-state index is 0.551. The smallest absolute Gasteiger partial charge is 0.229 e. The fourth-order valence-corrected chi connectivity index (χ4v) is 3.60. The minimum Gasteiger partial charge on any atom is -0.496 e. The maximum Gasteiger partial charge on any atom is 0.229 e. The second-order valence-corrected chi connectivity index (χ2v) is 7.34. The Bertz CT molecular complexity index is 775. The zero-order valence-corrected chi connectivity index (χ0v) is 17.4. The van der Waals surface area contributed by atoms with Crippen molar-refractivity contribution in [2.24, 2.45) is 0 Å². The molecule has 152 valence electrons. The van der Waals surface area contributed by atoms with Crippen molar-refractivity contribution in [2.45, 2.75) is 39.3 Å². The predicted molar refractivity (Wildman–Crippen MR) is 115 cm³/mol. The van der Waals surface area contributed by atoms with Crippen LogP contribution in [0.4, 0.5) is 17.5 Å². The molecular formula is C21H32N6O. The second-order valence-electron chi connectivity index (χ2n) is 7.34. The molecule has 28 heavy (non-hydrogen) atoms. The van der Waals surface area contributed by atoms with Gasteiger partial charge in [0.15, 0.2) is 0 Å². The second kappa shape index (κ2) is 9.71. The number of hydrogen-bond acceptors (Lipinski definition) is 7. The van der Waals surface area contributed by atoms with E-state index in [1.54, 1.807) is 7.11 Å². The van der Waals surface area contributed by atoms with E-state index in [2.05, 4.69) is 43.8 Å². The van der Waals surface area contributed by atoms with E-state index >= 15 is 0 Å². The molecule has 3 rings (SSSR count). The minimum absolute atomic E-state index is 0.551. The number of likely N-dealkylation sites (tertiary alicyclic amines) is 1. The molecule has 0 saturated carbocycles. The van der Waals surface area contributed by atoms with E-state index in [1.165, 1.54) is 25.9 Å².